The highest BCUT2D eigenvalue weighted by Gasteiger charge is 2.25. The molecule has 1 fully saturated rings. The van der Waals surface area contributed by atoms with Gasteiger partial charge in [-0.1, -0.05) is 0 Å². The SMILES string of the molecule is O=S(=O)(O)NC1CC1. The summed E-state index contributed by atoms with van der Waals surface area (Å²) in [6.07, 6.45) is 1.69. The van der Waals surface area contributed by atoms with E-state index in [-0.39, 0.29) is 6.04 Å². The first kappa shape index (κ1) is 6.00. The Morgan fingerprint density at radius 1 is 1.50 bits per heavy atom. The third kappa shape index (κ3) is 2.25. The summed E-state index contributed by atoms with van der Waals surface area (Å²) in [6, 6.07) is 0.00463. The molecule has 5 heteroatoms. The first-order valence-corrected chi connectivity index (χ1v) is 3.77. The standard InChI is InChI=1S/C3H7NO3S/c5-8(6,7)4-3-1-2-3/h3-4H,1-2H2,(H,5,6,7). The zero-order valence-corrected chi connectivity index (χ0v) is 4.98. The molecule has 0 heterocycles. The highest BCUT2D eigenvalue weighted by molar-refractivity contribution is 7.83. The van der Waals surface area contributed by atoms with Crippen LogP contribution in [0.3, 0.4) is 0 Å². The van der Waals surface area contributed by atoms with E-state index in [4.69, 9.17) is 4.55 Å². The molecule has 0 unspecified atom stereocenters. The summed E-state index contributed by atoms with van der Waals surface area (Å²) < 4.78 is 30.0. The molecule has 0 aromatic heterocycles. The smallest absolute Gasteiger partial charge is 0.273 e. The van der Waals surface area contributed by atoms with Crippen LogP contribution in [-0.2, 0) is 10.3 Å². The van der Waals surface area contributed by atoms with Gasteiger partial charge in [0.15, 0.2) is 0 Å². The molecule has 48 valence electrons. The summed E-state index contributed by atoms with van der Waals surface area (Å²) in [5.41, 5.74) is 0. The predicted molar refractivity (Wildman–Crippen MR) is 27.7 cm³/mol. The lowest BCUT2D eigenvalue weighted by Crippen LogP contribution is -2.24. The first-order valence-electron chi connectivity index (χ1n) is 2.33. The molecule has 4 nitrogen and oxygen atoms in total. The third-order valence-electron chi connectivity index (χ3n) is 0.893. The monoisotopic (exact) mass is 137 g/mol. The highest BCUT2D eigenvalue weighted by atomic mass is 32.2. The van der Waals surface area contributed by atoms with Crippen LogP contribution in [-0.4, -0.2) is 19.0 Å². The lowest BCUT2D eigenvalue weighted by atomic mass is 10.8. The van der Waals surface area contributed by atoms with Gasteiger partial charge in [-0.05, 0) is 12.8 Å². The van der Waals surface area contributed by atoms with Crippen molar-refractivity contribution in [2.75, 3.05) is 0 Å². The van der Waals surface area contributed by atoms with Crippen molar-refractivity contribution >= 4 is 10.3 Å². The maximum absolute atomic E-state index is 9.93. The molecule has 0 aliphatic heterocycles. The van der Waals surface area contributed by atoms with Gasteiger partial charge in [-0.15, -0.1) is 0 Å². The summed E-state index contributed by atoms with van der Waals surface area (Å²) >= 11 is 0. The van der Waals surface area contributed by atoms with Gasteiger partial charge in [0, 0.05) is 6.04 Å². The zero-order valence-electron chi connectivity index (χ0n) is 4.16. The van der Waals surface area contributed by atoms with Crippen LogP contribution < -0.4 is 4.72 Å². The van der Waals surface area contributed by atoms with Crippen molar-refractivity contribution in [1.82, 2.24) is 4.72 Å². The van der Waals surface area contributed by atoms with E-state index in [9.17, 15) is 8.42 Å². The fraction of sp³-hybridized carbons (Fsp3) is 1.00. The van der Waals surface area contributed by atoms with E-state index in [1.165, 1.54) is 0 Å². The molecule has 0 bridgehead atoms. The minimum atomic E-state index is -3.91. The van der Waals surface area contributed by atoms with Gasteiger partial charge in [-0.25, -0.2) is 0 Å². The van der Waals surface area contributed by atoms with Crippen molar-refractivity contribution in [2.24, 2.45) is 0 Å². The molecule has 0 aromatic rings. The van der Waals surface area contributed by atoms with Crippen molar-refractivity contribution in [1.29, 1.82) is 0 Å². The number of nitrogens with one attached hydrogen (secondary N) is 1. The van der Waals surface area contributed by atoms with Crippen LogP contribution in [0.25, 0.3) is 0 Å². The van der Waals surface area contributed by atoms with Crippen molar-refractivity contribution in [2.45, 2.75) is 18.9 Å². The summed E-state index contributed by atoms with van der Waals surface area (Å²) in [5, 5.41) is 0. The quantitative estimate of drug-likeness (QED) is 0.506. The van der Waals surface area contributed by atoms with E-state index in [2.05, 4.69) is 0 Å². The van der Waals surface area contributed by atoms with E-state index < -0.39 is 10.3 Å². The lowest BCUT2D eigenvalue weighted by molar-refractivity contribution is 0.467. The summed E-state index contributed by atoms with van der Waals surface area (Å²) in [6.45, 7) is 0. The highest BCUT2D eigenvalue weighted by Crippen LogP contribution is 2.18. The van der Waals surface area contributed by atoms with Crippen LogP contribution in [0.4, 0.5) is 0 Å². The molecule has 1 aliphatic rings. The molecule has 2 N–H and O–H groups in total. The van der Waals surface area contributed by atoms with Gasteiger partial charge < -0.3 is 0 Å². The molecule has 1 aliphatic carbocycles. The lowest BCUT2D eigenvalue weighted by Gasteiger charge is -1.92. The van der Waals surface area contributed by atoms with Gasteiger partial charge in [0.05, 0.1) is 0 Å². The Balaban J connectivity index is 2.38. The molecular formula is C3H7NO3S. The van der Waals surface area contributed by atoms with Crippen LogP contribution >= 0.6 is 0 Å². The fourth-order valence-electron chi connectivity index (χ4n) is 0.412. The summed E-state index contributed by atoms with van der Waals surface area (Å²) in [4.78, 5) is 0. The van der Waals surface area contributed by atoms with Crippen LogP contribution in [0.2, 0.25) is 0 Å². The van der Waals surface area contributed by atoms with Crippen molar-refractivity contribution in [3.05, 3.63) is 0 Å². The van der Waals surface area contributed by atoms with Crippen molar-refractivity contribution in [3.63, 3.8) is 0 Å². The zero-order chi connectivity index (χ0) is 6.20. The number of hydrogen-bond acceptors (Lipinski definition) is 2. The minimum absolute atomic E-state index is 0.00463. The van der Waals surface area contributed by atoms with Gasteiger partial charge in [-0.2, -0.15) is 13.1 Å². The molecule has 0 radical (unpaired) electrons. The minimum Gasteiger partial charge on any atom is -0.273 e. The van der Waals surface area contributed by atoms with E-state index in [1.54, 1.807) is 0 Å². The second-order valence-corrected chi connectivity index (χ2v) is 3.05. The van der Waals surface area contributed by atoms with Crippen LogP contribution in [0.1, 0.15) is 12.8 Å². The first-order chi connectivity index (χ1) is 3.58. The maximum atomic E-state index is 9.93. The van der Waals surface area contributed by atoms with Crippen molar-refractivity contribution in [3.8, 4) is 0 Å². The molecular weight excluding hydrogens is 130 g/mol. The Morgan fingerprint density at radius 2 is 2.00 bits per heavy atom. The average molecular weight is 137 g/mol. The van der Waals surface area contributed by atoms with Gasteiger partial charge >= 0.3 is 10.3 Å². The Kier molecular flexibility index (Phi) is 1.26. The average Bonchev–Trinajstić information content (AvgIpc) is 2.12. The normalized spacial score (nSPS) is 21.1. The predicted octanol–water partition coefficient (Wildman–Crippen LogP) is -0.459. The number of rotatable bonds is 2. The Bertz CT molecular complexity index is 169. The molecule has 0 aromatic carbocycles. The van der Waals surface area contributed by atoms with Gasteiger partial charge in [0.1, 0.15) is 0 Å². The Hall–Kier alpha value is -0.130. The topological polar surface area (TPSA) is 66.4 Å². The van der Waals surface area contributed by atoms with Crippen LogP contribution in [0.5, 0.6) is 0 Å². The second-order valence-electron chi connectivity index (χ2n) is 1.87. The van der Waals surface area contributed by atoms with Crippen LogP contribution in [0.15, 0.2) is 0 Å². The van der Waals surface area contributed by atoms with E-state index in [1.807, 2.05) is 4.72 Å². The summed E-state index contributed by atoms with van der Waals surface area (Å²) in [7, 11) is -3.91. The molecule has 0 amide bonds. The second kappa shape index (κ2) is 1.68. The molecule has 1 saturated carbocycles. The van der Waals surface area contributed by atoms with Gasteiger partial charge in [-0.3, -0.25) is 4.55 Å². The van der Waals surface area contributed by atoms with Gasteiger partial charge in [0.25, 0.3) is 0 Å². The van der Waals surface area contributed by atoms with E-state index in [0.717, 1.165) is 12.8 Å². The largest absolute Gasteiger partial charge is 0.333 e. The van der Waals surface area contributed by atoms with Crippen molar-refractivity contribution < 1.29 is 13.0 Å². The van der Waals surface area contributed by atoms with Gasteiger partial charge in [0.2, 0.25) is 0 Å². The fourth-order valence-corrected chi connectivity index (χ4v) is 1.07. The third-order valence-corrected chi connectivity index (χ3v) is 1.52. The van der Waals surface area contributed by atoms with Crippen LogP contribution in [0, 0.1) is 0 Å². The maximum Gasteiger partial charge on any atom is 0.333 e. The van der Waals surface area contributed by atoms with E-state index in [0.29, 0.717) is 0 Å². The molecule has 0 spiro atoms. The molecule has 0 atom stereocenters. The number of hydrogen-bond donors (Lipinski definition) is 2. The molecule has 0 saturated heterocycles. The van der Waals surface area contributed by atoms with E-state index >= 15 is 0 Å². The summed E-state index contributed by atoms with van der Waals surface area (Å²) in [5.74, 6) is 0. The molecule has 1 rings (SSSR count). The molecule has 8 heavy (non-hydrogen) atoms. The Morgan fingerprint density at radius 3 is 2.12 bits per heavy atom. The Labute approximate surface area is 47.8 Å².